The lowest BCUT2D eigenvalue weighted by Crippen LogP contribution is -2.32. The number of halogens is 1. The van der Waals surface area contributed by atoms with Crippen LogP contribution in [0.25, 0.3) is 27.4 Å². The van der Waals surface area contributed by atoms with E-state index in [9.17, 15) is 14.4 Å². The monoisotopic (exact) mass is 572 g/mol. The van der Waals surface area contributed by atoms with Gasteiger partial charge in [-0.3, -0.25) is 14.4 Å². The molecule has 3 heterocycles. The number of carbonyl (C=O) groups excluding carboxylic acids is 2. The minimum Gasteiger partial charge on any atom is -0.466 e. The first-order valence-corrected chi connectivity index (χ1v) is 14.4. The fourth-order valence-corrected chi connectivity index (χ4v) is 6.02. The van der Waals surface area contributed by atoms with Gasteiger partial charge in [0.05, 0.1) is 24.1 Å². The molecule has 0 aliphatic carbocycles. The van der Waals surface area contributed by atoms with Crippen LogP contribution in [-0.2, 0) is 9.53 Å². The van der Waals surface area contributed by atoms with Crippen molar-refractivity contribution in [2.45, 2.75) is 38.6 Å². The highest BCUT2D eigenvalue weighted by atomic mass is 19.1. The number of hydrogen-bond donors (Lipinski definition) is 2. The quantitative estimate of drug-likeness (QED) is 0.241. The Balaban J connectivity index is 1.45. The summed E-state index contributed by atoms with van der Waals surface area (Å²) in [7, 11) is 2.10. The first kappa shape index (κ1) is 27.7. The molecule has 1 atom stereocenters. The van der Waals surface area contributed by atoms with Crippen LogP contribution in [0, 0.1) is 5.82 Å². The number of ether oxygens (including phenoxy) is 2. The number of rotatable bonds is 9. The number of hydrogen-bond acceptors (Lipinski definition) is 7. The van der Waals surface area contributed by atoms with Crippen molar-refractivity contribution in [2.75, 3.05) is 38.6 Å². The van der Waals surface area contributed by atoms with Crippen molar-refractivity contribution in [3.8, 4) is 17.2 Å². The highest BCUT2D eigenvalue weighted by Gasteiger charge is 2.30. The van der Waals surface area contributed by atoms with Gasteiger partial charge >= 0.3 is 5.97 Å². The molecule has 2 aliphatic heterocycles. The SMILES string of the molecule is CCOC(=O)CCNC(=O)c1cn2c3c(c(NCCC4CCCN4C)c(F)cc3c1=O)Oc1ccc3ccccc3c1-2. The number of nitrogens with zero attached hydrogens (tertiary/aromatic N) is 2. The molecule has 0 radical (unpaired) electrons. The lowest BCUT2D eigenvalue weighted by molar-refractivity contribution is -0.142. The van der Waals surface area contributed by atoms with Crippen molar-refractivity contribution in [3.63, 3.8) is 0 Å². The van der Waals surface area contributed by atoms with E-state index in [1.165, 1.54) is 12.3 Å². The van der Waals surface area contributed by atoms with Crippen LogP contribution in [0.4, 0.5) is 10.1 Å². The van der Waals surface area contributed by atoms with Crippen LogP contribution in [0.3, 0.4) is 0 Å². The molecule has 6 rings (SSSR count). The average molecular weight is 573 g/mol. The standard InChI is InChI=1S/C32H33FN4O5/c1-3-41-26(38)13-15-35-32(40)23-18-37-28-21-9-5-4-7-19(21)10-11-25(28)42-31-27(24(33)17-22(29(31)37)30(23)39)34-14-12-20-8-6-16-36(20)2/h4-5,7,9-11,17-18,20,34H,3,6,8,12-16H2,1-2H3,(H,35,40). The zero-order valence-electron chi connectivity index (χ0n) is 23.7. The van der Waals surface area contributed by atoms with Gasteiger partial charge < -0.3 is 29.6 Å². The lowest BCUT2D eigenvalue weighted by Gasteiger charge is -2.27. The Kier molecular flexibility index (Phi) is 7.55. The Morgan fingerprint density at radius 2 is 1.98 bits per heavy atom. The lowest BCUT2D eigenvalue weighted by atomic mass is 10.0. The minimum absolute atomic E-state index is 0.00355. The fourth-order valence-electron chi connectivity index (χ4n) is 6.02. The Bertz CT molecular complexity index is 1770. The molecule has 9 nitrogen and oxygen atoms in total. The molecule has 2 N–H and O–H groups in total. The van der Waals surface area contributed by atoms with Gasteiger partial charge in [-0.05, 0) is 57.3 Å². The molecule has 0 spiro atoms. The summed E-state index contributed by atoms with van der Waals surface area (Å²) >= 11 is 0. The maximum Gasteiger partial charge on any atom is 0.307 e. The molecule has 1 unspecified atom stereocenters. The van der Waals surface area contributed by atoms with E-state index in [-0.39, 0.29) is 42.0 Å². The number of aromatic nitrogens is 1. The van der Waals surface area contributed by atoms with Gasteiger partial charge in [0.15, 0.2) is 17.3 Å². The molecular weight excluding hydrogens is 539 g/mol. The summed E-state index contributed by atoms with van der Waals surface area (Å²) in [6, 6.07) is 13.1. The predicted molar refractivity (Wildman–Crippen MR) is 159 cm³/mol. The van der Waals surface area contributed by atoms with E-state index in [1.807, 2.05) is 36.4 Å². The van der Waals surface area contributed by atoms with Crippen LogP contribution in [0.15, 0.2) is 53.5 Å². The summed E-state index contributed by atoms with van der Waals surface area (Å²) in [4.78, 5) is 40.9. The second-order valence-electron chi connectivity index (χ2n) is 10.7. The van der Waals surface area contributed by atoms with Crippen LogP contribution in [-0.4, -0.2) is 60.7 Å². The van der Waals surface area contributed by atoms with Crippen LogP contribution in [0.5, 0.6) is 11.5 Å². The van der Waals surface area contributed by atoms with Gasteiger partial charge in [0, 0.05) is 30.7 Å². The third kappa shape index (κ3) is 4.96. The number of esters is 1. The molecule has 3 aromatic carbocycles. The van der Waals surface area contributed by atoms with Gasteiger partial charge in [-0.25, -0.2) is 4.39 Å². The Morgan fingerprint density at radius 1 is 1.14 bits per heavy atom. The van der Waals surface area contributed by atoms with Gasteiger partial charge in [0.1, 0.15) is 16.8 Å². The molecule has 4 aromatic rings. The third-order valence-electron chi connectivity index (χ3n) is 8.13. The third-order valence-corrected chi connectivity index (χ3v) is 8.13. The van der Waals surface area contributed by atoms with Gasteiger partial charge in [0.25, 0.3) is 5.91 Å². The Hall–Kier alpha value is -4.44. The van der Waals surface area contributed by atoms with Crippen LogP contribution in [0.2, 0.25) is 0 Å². The van der Waals surface area contributed by atoms with Crippen molar-refractivity contribution in [1.82, 2.24) is 14.8 Å². The van der Waals surface area contributed by atoms with Gasteiger partial charge in [0.2, 0.25) is 5.43 Å². The molecule has 10 heteroatoms. The largest absolute Gasteiger partial charge is 0.466 e. The first-order valence-electron chi connectivity index (χ1n) is 14.4. The number of anilines is 1. The Morgan fingerprint density at radius 3 is 2.76 bits per heavy atom. The molecule has 0 bridgehead atoms. The summed E-state index contributed by atoms with van der Waals surface area (Å²) in [5, 5.41) is 7.69. The van der Waals surface area contributed by atoms with Crippen LogP contribution >= 0.6 is 0 Å². The van der Waals surface area contributed by atoms with Crippen molar-refractivity contribution < 1.29 is 23.5 Å². The smallest absolute Gasteiger partial charge is 0.307 e. The number of pyridine rings is 1. The molecule has 218 valence electrons. The summed E-state index contributed by atoms with van der Waals surface area (Å²) in [6.07, 6.45) is 4.54. The van der Waals surface area contributed by atoms with E-state index in [4.69, 9.17) is 9.47 Å². The molecule has 1 saturated heterocycles. The highest BCUT2D eigenvalue weighted by Crippen LogP contribution is 2.47. The van der Waals surface area contributed by atoms with E-state index in [0.717, 1.165) is 36.6 Å². The molecule has 1 aromatic heterocycles. The van der Waals surface area contributed by atoms with Crippen LogP contribution < -0.4 is 20.8 Å². The van der Waals surface area contributed by atoms with Crippen molar-refractivity contribution >= 4 is 39.2 Å². The van der Waals surface area contributed by atoms with Crippen molar-refractivity contribution in [3.05, 3.63) is 70.3 Å². The number of fused-ring (bicyclic) bond motifs is 4. The fraction of sp³-hybridized carbons (Fsp3) is 0.344. The normalized spacial score (nSPS) is 15.8. The van der Waals surface area contributed by atoms with E-state index >= 15 is 4.39 Å². The summed E-state index contributed by atoms with van der Waals surface area (Å²) < 4.78 is 28.8. The summed E-state index contributed by atoms with van der Waals surface area (Å²) in [6.45, 7) is 3.52. The van der Waals surface area contributed by atoms with Crippen molar-refractivity contribution in [1.29, 1.82) is 0 Å². The molecular formula is C32H33FN4O5. The maximum absolute atomic E-state index is 15.8. The van der Waals surface area contributed by atoms with Gasteiger partial charge in [-0.15, -0.1) is 0 Å². The minimum atomic E-state index is -0.659. The number of carbonyl (C=O) groups is 2. The topological polar surface area (TPSA) is 102 Å². The van der Waals surface area contributed by atoms with E-state index in [1.54, 1.807) is 11.5 Å². The Labute approximate surface area is 242 Å². The zero-order valence-corrected chi connectivity index (χ0v) is 23.7. The number of amides is 1. The average Bonchev–Trinajstić information content (AvgIpc) is 3.39. The zero-order chi connectivity index (χ0) is 29.4. The predicted octanol–water partition coefficient (Wildman–Crippen LogP) is 4.97. The van der Waals surface area contributed by atoms with E-state index < -0.39 is 23.1 Å². The second-order valence-corrected chi connectivity index (χ2v) is 10.7. The number of likely N-dealkylation sites (tertiary alicyclic amines) is 1. The molecule has 0 saturated carbocycles. The molecule has 1 fully saturated rings. The van der Waals surface area contributed by atoms with E-state index in [0.29, 0.717) is 29.5 Å². The van der Waals surface area contributed by atoms with Gasteiger partial charge in [-0.2, -0.15) is 0 Å². The van der Waals surface area contributed by atoms with E-state index in [2.05, 4.69) is 22.6 Å². The maximum atomic E-state index is 15.8. The van der Waals surface area contributed by atoms with Crippen molar-refractivity contribution in [2.24, 2.45) is 0 Å². The number of benzene rings is 3. The number of nitrogens with one attached hydrogen (secondary N) is 2. The first-order chi connectivity index (χ1) is 20.4. The highest BCUT2D eigenvalue weighted by molar-refractivity contribution is 6.04. The molecule has 2 aliphatic rings. The molecule has 42 heavy (non-hydrogen) atoms. The van der Waals surface area contributed by atoms with Gasteiger partial charge in [-0.1, -0.05) is 30.3 Å². The summed E-state index contributed by atoms with van der Waals surface area (Å²) in [5.41, 5.74) is 0.427. The summed E-state index contributed by atoms with van der Waals surface area (Å²) in [5.74, 6) is -1.06. The second kappa shape index (κ2) is 11.4. The van der Waals surface area contributed by atoms with Crippen LogP contribution in [0.1, 0.15) is 43.0 Å². The molecule has 1 amide bonds.